The molecule has 2 N–H and O–H groups in total. The van der Waals surface area contributed by atoms with Crippen molar-refractivity contribution in [2.24, 2.45) is 23.2 Å². The van der Waals surface area contributed by atoms with E-state index in [9.17, 15) is 4.79 Å². The van der Waals surface area contributed by atoms with Crippen molar-refractivity contribution in [2.45, 2.75) is 45.4 Å². The molecule has 2 heterocycles. The van der Waals surface area contributed by atoms with Gasteiger partial charge in [-0.2, -0.15) is 0 Å². The van der Waals surface area contributed by atoms with Gasteiger partial charge >= 0.3 is 0 Å². The van der Waals surface area contributed by atoms with Crippen molar-refractivity contribution < 1.29 is 4.79 Å². The van der Waals surface area contributed by atoms with E-state index in [0.717, 1.165) is 54.2 Å². The third-order valence-electron chi connectivity index (χ3n) is 7.53. The molecule has 7 heteroatoms. The maximum atomic E-state index is 13.3. The van der Waals surface area contributed by atoms with E-state index in [4.69, 9.17) is 0 Å². The van der Waals surface area contributed by atoms with Crippen molar-refractivity contribution in [3.8, 4) is 5.82 Å². The van der Waals surface area contributed by atoms with E-state index in [2.05, 4.69) is 25.6 Å². The highest BCUT2D eigenvalue weighted by atomic mass is 16.2. The lowest BCUT2D eigenvalue weighted by atomic mass is 9.49. The Morgan fingerprint density at radius 1 is 1.00 bits per heavy atom. The van der Waals surface area contributed by atoms with E-state index in [0.29, 0.717) is 11.6 Å². The van der Waals surface area contributed by atoms with Gasteiger partial charge in [0.15, 0.2) is 0 Å². The molecular weight excluding hydrogens is 400 g/mol. The molecule has 1 amide bonds. The first-order chi connectivity index (χ1) is 15.5. The first-order valence-corrected chi connectivity index (χ1v) is 11.6. The predicted molar refractivity (Wildman–Crippen MR) is 123 cm³/mol. The van der Waals surface area contributed by atoms with Crippen LogP contribution in [0.25, 0.3) is 5.82 Å². The number of nitrogens with zero attached hydrogens (tertiary/aromatic N) is 4. The third-order valence-corrected chi connectivity index (χ3v) is 7.53. The number of carbonyl (C=O) groups excluding carboxylic acids is 1. The summed E-state index contributed by atoms with van der Waals surface area (Å²) >= 11 is 0. The summed E-state index contributed by atoms with van der Waals surface area (Å²) in [6, 6.07) is 9.77. The molecule has 4 aliphatic carbocycles. The summed E-state index contributed by atoms with van der Waals surface area (Å²) in [5, 5.41) is 6.56. The first kappa shape index (κ1) is 19.5. The molecule has 4 saturated carbocycles. The maximum Gasteiger partial charge on any atom is 0.230 e. The van der Waals surface area contributed by atoms with Crippen molar-refractivity contribution in [3.63, 3.8) is 0 Å². The SMILES string of the molecule is Cc1nc(Nc2ccc(NC(=O)C34CC5CC(CC(C5)C3)C4)cc2)cc(-n2ccnc2)n1. The standard InChI is InChI=1S/C25H28N6O/c1-16-27-22(11-23(28-16)31-7-6-26-15-31)29-20-2-4-21(5-3-20)30-24(32)25-12-17-8-18(13-25)10-19(9-17)14-25/h2-7,11,15,17-19H,8-10,12-14H2,1H3,(H,30,32)(H,27,28,29). The fraction of sp³-hybridized carbons (Fsp3) is 0.440. The van der Waals surface area contributed by atoms with Gasteiger partial charge in [0.25, 0.3) is 0 Å². The smallest absolute Gasteiger partial charge is 0.230 e. The molecule has 4 bridgehead atoms. The molecule has 1 aromatic carbocycles. The van der Waals surface area contributed by atoms with E-state index in [1.54, 1.807) is 12.5 Å². The number of amides is 1. The molecule has 0 radical (unpaired) electrons. The van der Waals surface area contributed by atoms with E-state index in [1.807, 2.05) is 48.0 Å². The van der Waals surface area contributed by atoms with Crippen LogP contribution in [0.2, 0.25) is 0 Å². The molecule has 164 valence electrons. The lowest BCUT2D eigenvalue weighted by molar-refractivity contribution is -0.140. The van der Waals surface area contributed by atoms with Gasteiger partial charge in [-0.25, -0.2) is 15.0 Å². The molecule has 4 fully saturated rings. The molecule has 4 aliphatic rings. The van der Waals surface area contributed by atoms with Crippen LogP contribution >= 0.6 is 0 Å². The monoisotopic (exact) mass is 428 g/mol. The fourth-order valence-electron chi connectivity index (χ4n) is 6.58. The maximum absolute atomic E-state index is 13.3. The molecule has 0 spiro atoms. The van der Waals surface area contributed by atoms with Crippen molar-refractivity contribution in [1.82, 2.24) is 19.5 Å². The largest absolute Gasteiger partial charge is 0.340 e. The average molecular weight is 429 g/mol. The zero-order valence-corrected chi connectivity index (χ0v) is 18.3. The van der Waals surface area contributed by atoms with Crippen LogP contribution < -0.4 is 10.6 Å². The normalized spacial score (nSPS) is 28.0. The van der Waals surface area contributed by atoms with Gasteiger partial charge in [0.2, 0.25) is 5.91 Å². The lowest BCUT2D eigenvalue weighted by Crippen LogP contribution is -2.51. The number of imidazole rings is 1. The summed E-state index contributed by atoms with van der Waals surface area (Å²) in [4.78, 5) is 26.3. The number of anilines is 3. The zero-order valence-electron chi connectivity index (χ0n) is 18.3. The summed E-state index contributed by atoms with van der Waals surface area (Å²) in [7, 11) is 0. The summed E-state index contributed by atoms with van der Waals surface area (Å²) in [5.41, 5.74) is 1.63. The Bertz CT molecular complexity index is 1100. The van der Waals surface area contributed by atoms with Crippen LogP contribution in [0, 0.1) is 30.1 Å². The van der Waals surface area contributed by atoms with Crippen LogP contribution in [-0.4, -0.2) is 25.4 Å². The number of benzene rings is 1. The highest BCUT2D eigenvalue weighted by Gasteiger charge is 2.54. The van der Waals surface area contributed by atoms with Gasteiger partial charge in [-0.05, 0) is 87.5 Å². The summed E-state index contributed by atoms with van der Waals surface area (Å²) in [6.45, 7) is 1.87. The van der Waals surface area contributed by atoms with Gasteiger partial charge < -0.3 is 10.6 Å². The predicted octanol–water partition coefficient (Wildman–Crippen LogP) is 4.87. The molecule has 7 nitrogen and oxygen atoms in total. The second-order valence-corrected chi connectivity index (χ2v) is 9.98. The molecule has 0 atom stereocenters. The van der Waals surface area contributed by atoms with Crippen LogP contribution in [0.4, 0.5) is 17.2 Å². The second kappa shape index (κ2) is 7.43. The van der Waals surface area contributed by atoms with Gasteiger partial charge in [-0.15, -0.1) is 0 Å². The number of hydrogen-bond acceptors (Lipinski definition) is 5. The van der Waals surface area contributed by atoms with E-state index in [-0.39, 0.29) is 11.3 Å². The Balaban J connectivity index is 1.15. The van der Waals surface area contributed by atoms with Crippen molar-refractivity contribution in [1.29, 1.82) is 0 Å². The number of aromatic nitrogens is 4. The van der Waals surface area contributed by atoms with Crippen LogP contribution in [0.5, 0.6) is 0 Å². The van der Waals surface area contributed by atoms with Gasteiger partial charge in [0.1, 0.15) is 23.8 Å². The fourth-order valence-corrected chi connectivity index (χ4v) is 6.58. The minimum atomic E-state index is -0.131. The minimum absolute atomic E-state index is 0.131. The number of carbonyl (C=O) groups is 1. The number of aryl methyl sites for hydroxylation is 1. The highest BCUT2D eigenvalue weighted by Crippen LogP contribution is 2.60. The Kier molecular flexibility index (Phi) is 4.52. The average Bonchev–Trinajstić information content (AvgIpc) is 3.29. The van der Waals surface area contributed by atoms with Crippen LogP contribution in [0.3, 0.4) is 0 Å². The van der Waals surface area contributed by atoms with Gasteiger partial charge in [-0.3, -0.25) is 9.36 Å². The van der Waals surface area contributed by atoms with Gasteiger partial charge in [0.05, 0.1) is 5.41 Å². The number of nitrogens with one attached hydrogen (secondary N) is 2. The van der Waals surface area contributed by atoms with Gasteiger partial charge in [0, 0.05) is 29.8 Å². The second-order valence-electron chi connectivity index (χ2n) is 9.98. The van der Waals surface area contributed by atoms with Crippen LogP contribution in [0.1, 0.15) is 44.3 Å². The minimum Gasteiger partial charge on any atom is -0.340 e. The Labute approximate surface area is 187 Å². The quantitative estimate of drug-likeness (QED) is 0.606. The molecule has 0 aliphatic heterocycles. The van der Waals surface area contributed by atoms with E-state index >= 15 is 0 Å². The molecule has 2 aromatic heterocycles. The van der Waals surface area contributed by atoms with Gasteiger partial charge in [-0.1, -0.05) is 0 Å². The summed E-state index contributed by atoms with van der Waals surface area (Å²) in [6.07, 6.45) is 12.6. The highest BCUT2D eigenvalue weighted by molar-refractivity contribution is 5.95. The van der Waals surface area contributed by atoms with Crippen LogP contribution in [0.15, 0.2) is 49.1 Å². The Morgan fingerprint density at radius 3 is 2.28 bits per heavy atom. The number of hydrogen-bond donors (Lipinski definition) is 2. The molecule has 0 saturated heterocycles. The number of rotatable bonds is 5. The molecule has 0 unspecified atom stereocenters. The summed E-state index contributed by atoms with van der Waals surface area (Å²) in [5.74, 6) is 4.68. The summed E-state index contributed by atoms with van der Waals surface area (Å²) < 4.78 is 1.85. The first-order valence-electron chi connectivity index (χ1n) is 11.6. The third kappa shape index (κ3) is 3.55. The molecule has 3 aromatic rings. The van der Waals surface area contributed by atoms with Crippen LogP contribution in [-0.2, 0) is 4.79 Å². The van der Waals surface area contributed by atoms with E-state index in [1.165, 1.54) is 19.3 Å². The molecule has 32 heavy (non-hydrogen) atoms. The Morgan fingerprint density at radius 2 is 1.66 bits per heavy atom. The van der Waals surface area contributed by atoms with Crippen molar-refractivity contribution in [3.05, 3.63) is 54.9 Å². The molecule has 7 rings (SSSR count). The van der Waals surface area contributed by atoms with E-state index < -0.39 is 0 Å². The topological polar surface area (TPSA) is 84.7 Å². The zero-order chi connectivity index (χ0) is 21.7. The Hall–Kier alpha value is -3.22. The van der Waals surface area contributed by atoms with Crippen molar-refractivity contribution in [2.75, 3.05) is 10.6 Å². The molecular formula is C25H28N6O. The lowest BCUT2D eigenvalue weighted by Gasteiger charge is -2.55. The van der Waals surface area contributed by atoms with Crippen molar-refractivity contribution >= 4 is 23.1 Å².